The van der Waals surface area contributed by atoms with Crippen molar-refractivity contribution in [3.8, 4) is 0 Å². The lowest BCUT2D eigenvalue weighted by atomic mass is 10.2. The van der Waals surface area contributed by atoms with Crippen LogP contribution in [0.25, 0.3) is 0 Å². The van der Waals surface area contributed by atoms with Crippen molar-refractivity contribution in [2.75, 3.05) is 5.32 Å². The number of rotatable bonds is 3. The lowest BCUT2D eigenvalue weighted by molar-refractivity contribution is -0.124. The average Bonchev–Trinajstić information content (AvgIpc) is 2.91. The van der Waals surface area contributed by atoms with E-state index in [9.17, 15) is 9.59 Å². The molecule has 1 aromatic rings. The first-order chi connectivity index (χ1) is 7.72. The fraction of sp³-hybridized carbons (Fsp3) is 0.500. The maximum Gasteiger partial charge on any atom is 0.249 e. The van der Waals surface area contributed by atoms with Crippen LogP contribution in [-0.4, -0.2) is 22.8 Å². The molecule has 1 unspecified atom stereocenters. The molecule has 2 heterocycles. The van der Waals surface area contributed by atoms with Crippen molar-refractivity contribution in [1.82, 2.24) is 10.3 Å². The Labute approximate surface area is 96.3 Å². The molecule has 3 rings (SSSR count). The molecule has 0 bridgehead atoms. The van der Waals surface area contributed by atoms with E-state index in [4.69, 9.17) is 0 Å². The SMILES string of the molecule is O=C1CC(Nc2nc(C3CC3)cs2)C(=O)N1. The largest absolute Gasteiger partial charge is 0.349 e. The maximum absolute atomic E-state index is 11.3. The standard InChI is InChI=1S/C10H11N3O2S/c14-8-3-6(9(15)13-8)11-10-12-7(4-16-10)5-1-2-5/h4-6H,1-3H2,(H,11,12)(H,13,14,15). The number of anilines is 1. The van der Waals surface area contributed by atoms with Gasteiger partial charge in [-0.25, -0.2) is 4.98 Å². The minimum atomic E-state index is -0.453. The van der Waals surface area contributed by atoms with Gasteiger partial charge in [0.2, 0.25) is 11.8 Å². The minimum Gasteiger partial charge on any atom is -0.349 e. The molecule has 2 amide bonds. The molecule has 1 saturated heterocycles. The van der Waals surface area contributed by atoms with E-state index in [1.54, 1.807) is 0 Å². The number of carbonyl (C=O) groups is 2. The Morgan fingerprint density at radius 2 is 2.25 bits per heavy atom. The molecule has 1 atom stereocenters. The van der Waals surface area contributed by atoms with Gasteiger partial charge in [-0.05, 0) is 12.8 Å². The minimum absolute atomic E-state index is 0.206. The summed E-state index contributed by atoms with van der Waals surface area (Å²) >= 11 is 1.49. The summed E-state index contributed by atoms with van der Waals surface area (Å²) in [6.45, 7) is 0. The summed E-state index contributed by atoms with van der Waals surface area (Å²) in [5.74, 6) is 0.139. The lowest BCUT2D eigenvalue weighted by Crippen LogP contribution is -2.29. The molecule has 1 aliphatic carbocycles. The number of thiazole rings is 1. The molecular weight excluding hydrogens is 226 g/mol. The van der Waals surface area contributed by atoms with Crippen LogP contribution in [0.5, 0.6) is 0 Å². The summed E-state index contributed by atoms with van der Waals surface area (Å²) in [4.78, 5) is 26.7. The van der Waals surface area contributed by atoms with E-state index in [-0.39, 0.29) is 18.2 Å². The molecule has 2 fully saturated rings. The molecule has 0 radical (unpaired) electrons. The van der Waals surface area contributed by atoms with Gasteiger partial charge in [-0.2, -0.15) is 0 Å². The number of nitrogens with zero attached hydrogens (tertiary/aromatic N) is 1. The van der Waals surface area contributed by atoms with E-state index >= 15 is 0 Å². The number of carbonyl (C=O) groups excluding carboxylic acids is 2. The van der Waals surface area contributed by atoms with Crippen LogP contribution < -0.4 is 10.6 Å². The van der Waals surface area contributed by atoms with Gasteiger partial charge in [0.05, 0.1) is 12.1 Å². The van der Waals surface area contributed by atoms with Gasteiger partial charge < -0.3 is 5.32 Å². The van der Waals surface area contributed by atoms with E-state index in [1.165, 1.54) is 24.2 Å². The van der Waals surface area contributed by atoms with Gasteiger partial charge >= 0.3 is 0 Å². The second-order valence-electron chi connectivity index (χ2n) is 4.17. The van der Waals surface area contributed by atoms with Crippen LogP contribution in [0.4, 0.5) is 5.13 Å². The predicted octanol–water partition coefficient (Wildman–Crippen LogP) is 0.847. The van der Waals surface area contributed by atoms with Gasteiger partial charge in [0.25, 0.3) is 0 Å². The summed E-state index contributed by atoms with van der Waals surface area (Å²) < 4.78 is 0. The monoisotopic (exact) mass is 237 g/mol. The number of aromatic nitrogens is 1. The van der Waals surface area contributed by atoms with Crippen molar-refractivity contribution in [1.29, 1.82) is 0 Å². The van der Waals surface area contributed by atoms with Crippen molar-refractivity contribution >= 4 is 28.3 Å². The van der Waals surface area contributed by atoms with Crippen LogP contribution in [0, 0.1) is 0 Å². The quantitative estimate of drug-likeness (QED) is 0.764. The van der Waals surface area contributed by atoms with Crippen LogP contribution in [0.1, 0.15) is 30.9 Å². The second-order valence-corrected chi connectivity index (χ2v) is 5.02. The third-order valence-corrected chi connectivity index (χ3v) is 3.58. The van der Waals surface area contributed by atoms with Crippen LogP contribution in [0.2, 0.25) is 0 Å². The van der Waals surface area contributed by atoms with Crippen molar-refractivity contribution < 1.29 is 9.59 Å². The number of imide groups is 1. The normalized spacial score (nSPS) is 24.6. The molecule has 1 aromatic heterocycles. The molecule has 2 N–H and O–H groups in total. The molecule has 1 aliphatic heterocycles. The van der Waals surface area contributed by atoms with Gasteiger partial charge in [-0.3, -0.25) is 14.9 Å². The van der Waals surface area contributed by atoms with Crippen LogP contribution >= 0.6 is 11.3 Å². The topological polar surface area (TPSA) is 71.1 Å². The Bertz CT molecular complexity index is 453. The van der Waals surface area contributed by atoms with Crippen molar-refractivity contribution in [3.63, 3.8) is 0 Å². The van der Waals surface area contributed by atoms with E-state index in [2.05, 4.69) is 15.6 Å². The van der Waals surface area contributed by atoms with Gasteiger partial charge in [0.15, 0.2) is 5.13 Å². The molecule has 5 nitrogen and oxygen atoms in total. The Kier molecular flexibility index (Phi) is 2.17. The second kappa shape index (κ2) is 3.55. The average molecular weight is 237 g/mol. The van der Waals surface area contributed by atoms with E-state index in [0.717, 1.165) is 10.8 Å². The predicted molar refractivity (Wildman–Crippen MR) is 59.3 cm³/mol. The molecule has 1 saturated carbocycles. The summed E-state index contributed by atoms with van der Waals surface area (Å²) in [6, 6.07) is -0.453. The smallest absolute Gasteiger partial charge is 0.249 e. The number of nitrogens with one attached hydrogen (secondary N) is 2. The van der Waals surface area contributed by atoms with E-state index in [0.29, 0.717) is 5.92 Å². The lowest BCUT2D eigenvalue weighted by Gasteiger charge is -2.06. The zero-order chi connectivity index (χ0) is 11.1. The number of hydrogen-bond acceptors (Lipinski definition) is 5. The van der Waals surface area contributed by atoms with Crippen LogP contribution in [-0.2, 0) is 9.59 Å². The van der Waals surface area contributed by atoms with Crippen molar-refractivity contribution in [2.24, 2.45) is 0 Å². The zero-order valence-electron chi connectivity index (χ0n) is 8.53. The third kappa shape index (κ3) is 1.80. The third-order valence-electron chi connectivity index (χ3n) is 2.78. The molecule has 0 spiro atoms. The summed E-state index contributed by atoms with van der Waals surface area (Å²) in [5.41, 5.74) is 1.11. The van der Waals surface area contributed by atoms with Crippen LogP contribution in [0.15, 0.2) is 5.38 Å². The summed E-state index contributed by atoms with van der Waals surface area (Å²) in [7, 11) is 0. The van der Waals surface area contributed by atoms with Crippen LogP contribution in [0.3, 0.4) is 0 Å². The first-order valence-electron chi connectivity index (χ1n) is 5.28. The fourth-order valence-corrected chi connectivity index (χ4v) is 2.58. The number of hydrogen-bond donors (Lipinski definition) is 2. The summed E-state index contributed by atoms with van der Waals surface area (Å²) in [5, 5.41) is 8.02. The van der Waals surface area contributed by atoms with Gasteiger partial charge in [-0.15, -0.1) is 11.3 Å². The maximum atomic E-state index is 11.3. The van der Waals surface area contributed by atoms with Gasteiger partial charge in [-0.1, -0.05) is 0 Å². The van der Waals surface area contributed by atoms with E-state index in [1.807, 2.05) is 5.38 Å². The summed E-state index contributed by atoms with van der Waals surface area (Å²) in [6.07, 6.45) is 2.63. The highest BCUT2D eigenvalue weighted by molar-refractivity contribution is 7.13. The zero-order valence-corrected chi connectivity index (χ0v) is 9.34. The first-order valence-corrected chi connectivity index (χ1v) is 6.16. The molecule has 6 heteroatoms. The highest BCUT2D eigenvalue weighted by Crippen LogP contribution is 2.40. The Morgan fingerprint density at radius 3 is 2.88 bits per heavy atom. The highest BCUT2D eigenvalue weighted by Gasteiger charge is 2.31. The molecule has 16 heavy (non-hydrogen) atoms. The van der Waals surface area contributed by atoms with Gasteiger partial charge in [0.1, 0.15) is 6.04 Å². The fourth-order valence-electron chi connectivity index (χ4n) is 1.74. The Morgan fingerprint density at radius 1 is 1.44 bits per heavy atom. The van der Waals surface area contributed by atoms with Gasteiger partial charge in [0, 0.05) is 11.3 Å². The molecule has 84 valence electrons. The Hall–Kier alpha value is -1.43. The highest BCUT2D eigenvalue weighted by atomic mass is 32.1. The Balaban J connectivity index is 1.68. The van der Waals surface area contributed by atoms with E-state index < -0.39 is 6.04 Å². The van der Waals surface area contributed by atoms with Crippen molar-refractivity contribution in [3.05, 3.63) is 11.1 Å². The first kappa shape index (κ1) is 9.77. The molecule has 2 aliphatic rings. The molecular formula is C10H11N3O2S. The molecule has 0 aromatic carbocycles. The van der Waals surface area contributed by atoms with Crippen molar-refractivity contribution in [2.45, 2.75) is 31.2 Å². The number of amides is 2.